The quantitative estimate of drug-likeness (QED) is 0.656. The SMILES string of the molecule is CC(C)C[C@H](NC(=O)c1ccc(Cl)cc1Cl)C(=O)OCC(=O)NC1CC1. The largest absolute Gasteiger partial charge is 0.454 e. The fourth-order valence-electron chi connectivity index (χ4n) is 2.33. The second-order valence-corrected chi connectivity index (χ2v) is 7.57. The van der Waals surface area contributed by atoms with Gasteiger partial charge in [-0.2, -0.15) is 0 Å². The summed E-state index contributed by atoms with van der Waals surface area (Å²) in [4.78, 5) is 36.4. The minimum atomic E-state index is -0.872. The van der Waals surface area contributed by atoms with Crippen LogP contribution in [0.25, 0.3) is 0 Å². The van der Waals surface area contributed by atoms with E-state index >= 15 is 0 Å². The Morgan fingerprint density at radius 3 is 2.50 bits per heavy atom. The molecule has 1 saturated carbocycles. The average Bonchev–Trinajstić information content (AvgIpc) is 3.35. The molecule has 8 heteroatoms. The number of hydrogen-bond acceptors (Lipinski definition) is 4. The van der Waals surface area contributed by atoms with Gasteiger partial charge in [-0.15, -0.1) is 0 Å². The molecule has 2 N–H and O–H groups in total. The second-order valence-electron chi connectivity index (χ2n) is 6.73. The minimum Gasteiger partial charge on any atom is -0.454 e. The van der Waals surface area contributed by atoms with Gasteiger partial charge in [0.05, 0.1) is 10.6 Å². The number of carbonyl (C=O) groups is 3. The lowest BCUT2D eigenvalue weighted by Crippen LogP contribution is -2.44. The summed E-state index contributed by atoms with van der Waals surface area (Å²) in [6.07, 6.45) is 2.28. The van der Waals surface area contributed by atoms with Crippen LogP contribution < -0.4 is 10.6 Å². The van der Waals surface area contributed by atoms with Crippen LogP contribution in [0.3, 0.4) is 0 Å². The fourth-order valence-corrected chi connectivity index (χ4v) is 2.82. The number of benzene rings is 1. The minimum absolute atomic E-state index is 0.133. The summed E-state index contributed by atoms with van der Waals surface area (Å²) in [5, 5.41) is 5.96. The van der Waals surface area contributed by atoms with Gasteiger partial charge in [-0.05, 0) is 43.4 Å². The summed E-state index contributed by atoms with van der Waals surface area (Å²) < 4.78 is 5.06. The van der Waals surface area contributed by atoms with E-state index < -0.39 is 17.9 Å². The molecule has 2 rings (SSSR count). The summed E-state index contributed by atoms with van der Waals surface area (Å²) in [6, 6.07) is 3.80. The van der Waals surface area contributed by atoms with Crippen LogP contribution in [0.4, 0.5) is 0 Å². The number of rotatable bonds is 8. The van der Waals surface area contributed by atoms with Crippen LogP contribution in [0, 0.1) is 5.92 Å². The highest BCUT2D eigenvalue weighted by Crippen LogP contribution is 2.21. The Hall–Kier alpha value is -1.79. The molecule has 1 aromatic rings. The van der Waals surface area contributed by atoms with Crippen molar-refractivity contribution in [2.75, 3.05) is 6.61 Å². The van der Waals surface area contributed by atoms with Crippen LogP contribution in [0.15, 0.2) is 18.2 Å². The van der Waals surface area contributed by atoms with Gasteiger partial charge in [0.2, 0.25) is 0 Å². The summed E-state index contributed by atoms with van der Waals surface area (Å²) in [5.41, 5.74) is 0.212. The van der Waals surface area contributed by atoms with Crippen molar-refractivity contribution in [3.05, 3.63) is 33.8 Å². The predicted molar refractivity (Wildman–Crippen MR) is 99.3 cm³/mol. The third-order valence-electron chi connectivity index (χ3n) is 3.76. The molecule has 0 spiro atoms. The molecule has 0 bridgehead atoms. The van der Waals surface area contributed by atoms with E-state index in [4.69, 9.17) is 27.9 Å². The van der Waals surface area contributed by atoms with Crippen molar-refractivity contribution in [2.45, 2.75) is 45.2 Å². The molecule has 0 unspecified atom stereocenters. The predicted octanol–water partition coefficient (Wildman–Crippen LogP) is 2.96. The first-order valence-electron chi connectivity index (χ1n) is 8.48. The highest BCUT2D eigenvalue weighted by atomic mass is 35.5. The van der Waals surface area contributed by atoms with Gasteiger partial charge < -0.3 is 15.4 Å². The van der Waals surface area contributed by atoms with Gasteiger partial charge in [-0.25, -0.2) is 4.79 Å². The molecule has 142 valence electrons. The first kappa shape index (κ1) is 20.5. The normalized spacial score (nSPS) is 14.7. The molecule has 2 amide bonds. The number of amides is 2. The number of ether oxygens (including phenoxy) is 1. The number of hydrogen-bond donors (Lipinski definition) is 2. The standard InChI is InChI=1S/C18H22Cl2N2O4/c1-10(2)7-15(18(25)26-9-16(23)21-12-4-5-12)22-17(24)13-6-3-11(19)8-14(13)20/h3,6,8,10,12,15H,4-5,7,9H2,1-2H3,(H,21,23)(H,22,24)/t15-/m0/s1. The molecule has 1 fully saturated rings. The molecular formula is C18H22Cl2N2O4. The smallest absolute Gasteiger partial charge is 0.329 e. The van der Waals surface area contributed by atoms with E-state index in [1.807, 2.05) is 13.8 Å². The zero-order valence-electron chi connectivity index (χ0n) is 14.7. The van der Waals surface area contributed by atoms with Crippen molar-refractivity contribution in [1.82, 2.24) is 10.6 Å². The van der Waals surface area contributed by atoms with Gasteiger partial charge in [0.25, 0.3) is 11.8 Å². The van der Waals surface area contributed by atoms with Crippen LogP contribution in [0.1, 0.15) is 43.5 Å². The molecule has 1 atom stereocenters. The number of halogens is 2. The number of nitrogens with one attached hydrogen (secondary N) is 2. The van der Waals surface area contributed by atoms with Crippen LogP contribution >= 0.6 is 23.2 Å². The Kier molecular flexibility index (Phi) is 7.29. The lowest BCUT2D eigenvalue weighted by molar-refractivity contribution is -0.150. The van der Waals surface area contributed by atoms with E-state index in [0.717, 1.165) is 12.8 Å². The van der Waals surface area contributed by atoms with Gasteiger partial charge in [0.15, 0.2) is 6.61 Å². The third-order valence-corrected chi connectivity index (χ3v) is 4.31. The maximum atomic E-state index is 12.4. The third kappa shape index (κ3) is 6.50. The zero-order valence-corrected chi connectivity index (χ0v) is 16.2. The van der Waals surface area contributed by atoms with E-state index in [9.17, 15) is 14.4 Å². The Morgan fingerprint density at radius 2 is 1.92 bits per heavy atom. The van der Waals surface area contributed by atoms with Gasteiger partial charge in [-0.1, -0.05) is 37.0 Å². The Labute approximate surface area is 162 Å². The monoisotopic (exact) mass is 400 g/mol. The van der Waals surface area contributed by atoms with Crippen molar-refractivity contribution >= 4 is 41.0 Å². The first-order chi connectivity index (χ1) is 12.3. The zero-order chi connectivity index (χ0) is 19.3. The van der Waals surface area contributed by atoms with Gasteiger partial charge in [0, 0.05) is 11.1 Å². The molecular weight excluding hydrogens is 379 g/mol. The summed E-state index contributed by atoms with van der Waals surface area (Å²) in [6.45, 7) is 3.48. The fraction of sp³-hybridized carbons (Fsp3) is 0.500. The van der Waals surface area contributed by atoms with E-state index in [-0.39, 0.29) is 35.1 Å². The van der Waals surface area contributed by atoms with Crippen molar-refractivity contribution in [3.63, 3.8) is 0 Å². The van der Waals surface area contributed by atoms with Crippen molar-refractivity contribution in [1.29, 1.82) is 0 Å². The van der Waals surface area contributed by atoms with Crippen LogP contribution in [-0.2, 0) is 14.3 Å². The van der Waals surface area contributed by atoms with Crippen LogP contribution in [0.5, 0.6) is 0 Å². The molecule has 1 aliphatic rings. The molecule has 0 radical (unpaired) electrons. The molecule has 0 saturated heterocycles. The molecule has 1 aliphatic carbocycles. The Bertz CT molecular complexity index is 690. The molecule has 0 heterocycles. The molecule has 6 nitrogen and oxygen atoms in total. The highest BCUT2D eigenvalue weighted by molar-refractivity contribution is 6.36. The highest BCUT2D eigenvalue weighted by Gasteiger charge is 2.27. The van der Waals surface area contributed by atoms with Gasteiger partial charge >= 0.3 is 5.97 Å². The molecule has 0 aromatic heterocycles. The maximum Gasteiger partial charge on any atom is 0.329 e. The van der Waals surface area contributed by atoms with E-state index in [1.54, 1.807) is 6.07 Å². The maximum absolute atomic E-state index is 12.4. The Balaban J connectivity index is 1.97. The second kappa shape index (κ2) is 9.24. The van der Waals surface area contributed by atoms with Crippen LogP contribution in [0.2, 0.25) is 10.0 Å². The van der Waals surface area contributed by atoms with Gasteiger partial charge in [-0.3, -0.25) is 9.59 Å². The molecule has 1 aromatic carbocycles. The van der Waals surface area contributed by atoms with Crippen molar-refractivity contribution in [2.24, 2.45) is 5.92 Å². The summed E-state index contributed by atoms with van der Waals surface area (Å²) in [5.74, 6) is -1.36. The number of carbonyl (C=O) groups excluding carboxylic acids is 3. The molecule has 26 heavy (non-hydrogen) atoms. The van der Waals surface area contributed by atoms with Gasteiger partial charge in [0.1, 0.15) is 6.04 Å². The van der Waals surface area contributed by atoms with E-state index in [2.05, 4.69) is 10.6 Å². The lowest BCUT2D eigenvalue weighted by Gasteiger charge is -2.19. The van der Waals surface area contributed by atoms with Crippen molar-refractivity contribution in [3.8, 4) is 0 Å². The number of esters is 1. The lowest BCUT2D eigenvalue weighted by atomic mass is 10.0. The van der Waals surface area contributed by atoms with E-state index in [0.29, 0.717) is 11.4 Å². The first-order valence-corrected chi connectivity index (χ1v) is 9.23. The molecule has 0 aliphatic heterocycles. The Morgan fingerprint density at radius 1 is 1.23 bits per heavy atom. The summed E-state index contributed by atoms with van der Waals surface area (Å²) in [7, 11) is 0. The van der Waals surface area contributed by atoms with E-state index in [1.165, 1.54) is 12.1 Å². The average molecular weight is 401 g/mol. The van der Waals surface area contributed by atoms with Crippen molar-refractivity contribution < 1.29 is 19.1 Å². The topological polar surface area (TPSA) is 84.5 Å². The summed E-state index contributed by atoms with van der Waals surface area (Å²) >= 11 is 11.9. The van der Waals surface area contributed by atoms with Crippen LogP contribution in [-0.4, -0.2) is 36.5 Å².